The van der Waals surface area contributed by atoms with Crippen LogP contribution in [0.15, 0.2) is 71.2 Å². The van der Waals surface area contributed by atoms with Crippen LogP contribution >= 0.6 is 0 Å². The van der Waals surface area contributed by atoms with Crippen molar-refractivity contribution in [2.24, 2.45) is 5.92 Å². The molecule has 4 aliphatic rings. The standard InChI is InChI=1S/C41H45N5O8S/c1-24-14-16-26(17-15-24)32-21-35(37-36(43-32)30-11-8-9-13-34(30)54-37)53-28-20-33-38(48)44-41(40(50)45-55(51,52)29-18-19-29)22-27(41)10-6-4-3-5-7-12-31(42-25(2)47)39(49)46(33)23-28/h6,8-11,13-17,21,27-29,31,33H,3-5,7,12,18-20,22-23H2,1-2H3,(H,42,47)(H,44,48)(H,45,50)/b10-6-/t27-,28-,31+,33+,41-/m1/s1. The minimum Gasteiger partial charge on any atom is -0.484 e. The molecule has 5 atom stereocenters. The molecule has 3 N–H and O–H groups in total. The first-order valence-corrected chi connectivity index (χ1v) is 20.6. The third kappa shape index (κ3) is 7.43. The number of rotatable bonds is 7. The molecule has 2 aliphatic heterocycles. The number of aromatic nitrogens is 1. The number of aryl methyl sites for hydroxylation is 1. The molecule has 3 fully saturated rings. The Morgan fingerprint density at radius 1 is 1.04 bits per heavy atom. The minimum atomic E-state index is -3.89. The highest BCUT2D eigenvalue weighted by Crippen LogP contribution is 2.46. The fourth-order valence-corrected chi connectivity index (χ4v) is 9.25. The van der Waals surface area contributed by atoms with Crippen molar-refractivity contribution in [3.8, 4) is 17.0 Å². The molecule has 1 saturated heterocycles. The quantitative estimate of drug-likeness (QED) is 0.223. The Morgan fingerprint density at radius 3 is 2.58 bits per heavy atom. The smallest absolute Gasteiger partial charge is 0.259 e. The Kier molecular flexibility index (Phi) is 9.64. The summed E-state index contributed by atoms with van der Waals surface area (Å²) in [5.41, 5.74) is 2.80. The lowest BCUT2D eigenvalue weighted by molar-refractivity contribution is -0.142. The van der Waals surface area contributed by atoms with Gasteiger partial charge in [0, 0.05) is 36.3 Å². The van der Waals surface area contributed by atoms with Gasteiger partial charge in [-0.25, -0.2) is 13.4 Å². The average molecular weight is 768 g/mol. The lowest BCUT2D eigenvalue weighted by Gasteiger charge is -2.29. The number of benzene rings is 2. The predicted molar refractivity (Wildman–Crippen MR) is 205 cm³/mol. The summed E-state index contributed by atoms with van der Waals surface area (Å²) in [6, 6.07) is 15.4. The van der Waals surface area contributed by atoms with Gasteiger partial charge in [0.1, 0.15) is 34.8 Å². The maximum atomic E-state index is 14.4. The van der Waals surface area contributed by atoms with E-state index in [9.17, 15) is 27.6 Å². The number of hydrogen-bond acceptors (Lipinski definition) is 9. The predicted octanol–water partition coefficient (Wildman–Crippen LogP) is 4.81. The van der Waals surface area contributed by atoms with Crippen LogP contribution in [0.4, 0.5) is 0 Å². The molecule has 2 aromatic heterocycles. The minimum absolute atomic E-state index is 0.00943. The van der Waals surface area contributed by atoms with Crippen molar-refractivity contribution in [3.63, 3.8) is 0 Å². The summed E-state index contributed by atoms with van der Waals surface area (Å²) in [6.07, 6.45) is 7.77. The van der Waals surface area contributed by atoms with Crippen LogP contribution in [0.2, 0.25) is 0 Å². The lowest BCUT2D eigenvalue weighted by Crippen LogP contribution is -2.58. The number of ether oxygens (including phenoxy) is 1. The van der Waals surface area contributed by atoms with Crippen LogP contribution in [0, 0.1) is 12.8 Å². The monoisotopic (exact) mass is 767 g/mol. The number of furan rings is 1. The number of para-hydroxylation sites is 1. The Bertz CT molecular complexity index is 2320. The van der Waals surface area contributed by atoms with Crippen LogP contribution < -0.4 is 20.1 Å². The number of amides is 4. The third-order valence-corrected chi connectivity index (χ3v) is 13.0. The number of fused-ring (bicyclic) bond motifs is 5. The molecule has 14 heteroatoms. The summed E-state index contributed by atoms with van der Waals surface area (Å²) in [7, 11) is -3.89. The molecule has 4 heterocycles. The summed E-state index contributed by atoms with van der Waals surface area (Å²) in [5.74, 6) is -2.20. The molecule has 0 radical (unpaired) electrons. The van der Waals surface area contributed by atoms with Gasteiger partial charge in [0.15, 0.2) is 11.3 Å². The van der Waals surface area contributed by atoms with Gasteiger partial charge in [-0.05, 0) is 57.6 Å². The maximum absolute atomic E-state index is 14.4. The Balaban J connectivity index is 1.14. The normalized spacial score (nSPS) is 26.6. The molecule has 55 heavy (non-hydrogen) atoms. The van der Waals surface area contributed by atoms with E-state index >= 15 is 0 Å². The Hall–Kier alpha value is -5.24. The van der Waals surface area contributed by atoms with E-state index < -0.39 is 62.6 Å². The summed E-state index contributed by atoms with van der Waals surface area (Å²) in [4.78, 5) is 61.3. The molecule has 2 aliphatic carbocycles. The number of allylic oxidation sites excluding steroid dienone is 1. The van der Waals surface area contributed by atoms with Crippen molar-refractivity contribution in [1.29, 1.82) is 0 Å². The Morgan fingerprint density at radius 2 is 1.82 bits per heavy atom. The van der Waals surface area contributed by atoms with Gasteiger partial charge >= 0.3 is 0 Å². The SMILES string of the molecule is CC(=O)N[C@H]1CCCCC/C=C\[C@@H]2C[C@@]2(C(=O)NS(=O)(=O)C2CC2)NC(=O)[C@@H]2C[C@@H](Oc3cc(-c4ccc(C)cc4)nc4c3oc3ccccc34)CN2C1=O. The molecule has 0 bridgehead atoms. The van der Waals surface area contributed by atoms with Crippen LogP contribution in [0.5, 0.6) is 5.75 Å². The maximum Gasteiger partial charge on any atom is 0.259 e. The second-order valence-electron chi connectivity index (χ2n) is 15.4. The van der Waals surface area contributed by atoms with Crippen LogP contribution in [0.1, 0.15) is 70.3 Å². The van der Waals surface area contributed by atoms with Gasteiger partial charge in [-0.15, -0.1) is 0 Å². The number of carbonyl (C=O) groups excluding carboxylic acids is 4. The van der Waals surface area contributed by atoms with Gasteiger partial charge in [0.05, 0.1) is 17.5 Å². The number of pyridine rings is 1. The zero-order chi connectivity index (χ0) is 38.5. The van der Waals surface area contributed by atoms with Gasteiger partial charge in [0.25, 0.3) is 5.91 Å². The van der Waals surface area contributed by atoms with E-state index in [1.54, 1.807) is 6.07 Å². The van der Waals surface area contributed by atoms with Crippen molar-refractivity contribution < 1.29 is 36.7 Å². The second-order valence-corrected chi connectivity index (χ2v) is 17.4. The highest BCUT2D eigenvalue weighted by atomic mass is 32.2. The van der Waals surface area contributed by atoms with Gasteiger partial charge in [-0.2, -0.15) is 0 Å². The van der Waals surface area contributed by atoms with Crippen LogP contribution in [0.25, 0.3) is 33.3 Å². The molecule has 4 amide bonds. The first kappa shape index (κ1) is 36.7. The zero-order valence-electron chi connectivity index (χ0n) is 30.9. The molecular formula is C41H45N5O8S. The summed E-state index contributed by atoms with van der Waals surface area (Å²) >= 11 is 0. The van der Waals surface area contributed by atoms with Crippen molar-refractivity contribution >= 4 is 55.7 Å². The number of sulfonamides is 1. The molecule has 0 spiro atoms. The first-order valence-electron chi connectivity index (χ1n) is 19.1. The van der Waals surface area contributed by atoms with Gasteiger partial charge in [-0.1, -0.05) is 67.0 Å². The number of hydrogen-bond donors (Lipinski definition) is 3. The number of nitrogens with one attached hydrogen (secondary N) is 3. The van der Waals surface area contributed by atoms with Crippen LogP contribution in [-0.4, -0.2) is 77.5 Å². The molecule has 2 saturated carbocycles. The third-order valence-electron chi connectivity index (χ3n) is 11.2. The number of nitrogens with zero attached hydrogens (tertiary/aromatic N) is 2. The topological polar surface area (TPSA) is 177 Å². The molecule has 13 nitrogen and oxygen atoms in total. The van der Waals surface area contributed by atoms with Crippen LogP contribution in [0.3, 0.4) is 0 Å². The van der Waals surface area contributed by atoms with Gasteiger partial charge in [-0.3, -0.25) is 23.9 Å². The fraction of sp³-hybridized carbons (Fsp3) is 0.439. The summed E-state index contributed by atoms with van der Waals surface area (Å²) < 4.78 is 40.9. The van der Waals surface area contributed by atoms with E-state index in [2.05, 4.69) is 15.4 Å². The molecule has 2 aromatic carbocycles. The average Bonchev–Trinajstić information content (AvgIpc) is 4.05. The highest BCUT2D eigenvalue weighted by Gasteiger charge is 2.62. The Labute approximate surface area is 319 Å². The first-order chi connectivity index (χ1) is 26.4. The molecule has 0 unspecified atom stereocenters. The van der Waals surface area contributed by atoms with Crippen LogP contribution in [-0.2, 0) is 29.2 Å². The molecule has 4 aromatic rings. The summed E-state index contributed by atoms with van der Waals surface area (Å²) in [6.45, 7) is 3.37. The van der Waals surface area contributed by atoms with E-state index in [0.717, 1.165) is 29.4 Å². The van der Waals surface area contributed by atoms with Crippen molar-refractivity contribution in [3.05, 3.63) is 72.3 Å². The zero-order valence-corrected chi connectivity index (χ0v) is 31.7. The fourth-order valence-electron chi connectivity index (χ4n) is 7.88. The van der Waals surface area contributed by atoms with E-state index in [-0.39, 0.29) is 25.3 Å². The van der Waals surface area contributed by atoms with E-state index in [1.165, 1.54) is 11.8 Å². The summed E-state index contributed by atoms with van der Waals surface area (Å²) in [5, 5.41) is 5.89. The van der Waals surface area contributed by atoms with Gasteiger partial charge in [0.2, 0.25) is 27.7 Å². The highest BCUT2D eigenvalue weighted by molar-refractivity contribution is 7.91. The van der Waals surface area contributed by atoms with Crippen molar-refractivity contribution in [1.82, 2.24) is 25.2 Å². The largest absolute Gasteiger partial charge is 0.484 e. The van der Waals surface area contributed by atoms with E-state index in [4.69, 9.17) is 14.1 Å². The van der Waals surface area contributed by atoms with E-state index in [1.807, 2.05) is 67.6 Å². The molecular weight excluding hydrogens is 723 g/mol. The molecule has 288 valence electrons. The van der Waals surface area contributed by atoms with E-state index in [0.29, 0.717) is 60.2 Å². The lowest BCUT2D eigenvalue weighted by atomic mass is 10.0. The second kappa shape index (κ2) is 14.4. The molecule has 8 rings (SSSR count). The number of carbonyl (C=O) groups is 4. The van der Waals surface area contributed by atoms with Crippen molar-refractivity contribution in [2.45, 2.75) is 101 Å². The van der Waals surface area contributed by atoms with Gasteiger partial charge < -0.3 is 24.7 Å². The van der Waals surface area contributed by atoms with Crippen molar-refractivity contribution in [2.75, 3.05) is 6.54 Å².